The summed E-state index contributed by atoms with van der Waals surface area (Å²) >= 11 is 0. The highest BCUT2D eigenvalue weighted by Crippen LogP contribution is 2.32. The summed E-state index contributed by atoms with van der Waals surface area (Å²) in [6.07, 6.45) is -1.26. The largest absolute Gasteiger partial charge is 0.394 e. The van der Waals surface area contributed by atoms with Crippen LogP contribution in [0.4, 0.5) is 5.82 Å². The van der Waals surface area contributed by atoms with Crippen LogP contribution >= 0.6 is 0 Å². The zero-order valence-corrected chi connectivity index (χ0v) is 10.3. The number of nitrogens with zero attached hydrogens (tertiary/aromatic N) is 3. The highest BCUT2D eigenvalue weighted by atomic mass is 16.6. The molecule has 9 heteroatoms. The molecule has 0 spiro atoms. The van der Waals surface area contributed by atoms with Gasteiger partial charge in [-0.2, -0.15) is 0 Å². The number of aliphatic hydroxyl groups excluding tert-OH is 3. The van der Waals surface area contributed by atoms with Crippen LogP contribution in [-0.4, -0.2) is 60.0 Å². The molecule has 0 aromatic carbocycles. The molecule has 20 heavy (non-hydrogen) atoms. The third kappa shape index (κ3) is 1.84. The van der Waals surface area contributed by atoms with Crippen LogP contribution in [0.1, 0.15) is 6.23 Å². The number of ether oxygens (including phenoxy) is 1. The van der Waals surface area contributed by atoms with Crippen LogP contribution in [0.2, 0.25) is 0 Å². The molecule has 2 aromatic rings. The monoisotopic (exact) mass is 282 g/mol. The molecule has 5 N–H and O–H groups in total. The summed E-state index contributed by atoms with van der Waals surface area (Å²) in [4.78, 5) is 7.92. The Bertz CT molecular complexity index is 618. The zero-order valence-electron chi connectivity index (χ0n) is 10.3. The summed E-state index contributed by atoms with van der Waals surface area (Å²) in [5.41, 5.74) is 2.38. The lowest BCUT2D eigenvalue weighted by atomic mass is 10.1. The van der Waals surface area contributed by atoms with Crippen molar-refractivity contribution in [1.29, 1.82) is 0 Å². The number of aliphatic hydroxyl groups is 3. The number of anilines is 1. The van der Waals surface area contributed by atoms with Gasteiger partial charge in [0.05, 0.1) is 12.0 Å². The van der Waals surface area contributed by atoms with Crippen molar-refractivity contribution < 1.29 is 25.3 Å². The van der Waals surface area contributed by atoms with Gasteiger partial charge in [0.2, 0.25) is 0 Å². The first kappa shape index (κ1) is 13.2. The summed E-state index contributed by atoms with van der Waals surface area (Å²) in [6, 6.07) is 1.64. The van der Waals surface area contributed by atoms with Crippen molar-refractivity contribution in [1.82, 2.24) is 14.5 Å². The van der Waals surface area contributed by atoms with E-state index in [1.165, 1.54) is 10.9 Å². The van der Waals surface area contributed by atoms with Crippen molar-refractivity contribution in [2.24, 2.45) is 0 Å². The normalized spacial score (nSPS) is 30.0. The fraction of sp³-hybridized carbons (Fsp3) is 0.455. The van der Waals surface area contributed by atoms with E-state index in [1.54, 1.807) is 12.3 Å². The lowest BCUT2D eigenvalue weighted by molar-refractivity contribution is -0.0508. The maximum absolute atomic E-state index is 10.0. The third-order valence-electron chi connectivity index (χ3n) is 3.41. The van der Waals surface area contributed by atoms with Crippen molar-refractivity contribution in [2.75, 3.05) is 12.1 Å². The molecule has 1 saturated heterocycles. The van der Waals surface area contributed by atoms with E-state index in [9.17, 15) is 10.2 Å². The Hall–Kier alpha value is -1.78. The second-order valence-electron chi connectivity index (χ2n) is 4.52. The molecule has 0 aliphatic carbocycles. The Morgan fingerprint density at radius 3 is 2.75 bits per heavy atom. The van der Waals surface area contributed by atoms with Crippen molar-refractivity contribution in [3.63, 3.8) is 0 Å². The molecule has 0 amide bonds. The van der Waals surface area contributed by atoms with E-state index in [0.29, 0.717) is 11.0 Å². The molecule has 1 fully saturated rings. The first-order valence-electron chi connectivity index (χ1n) is 6.01. The van der Waals surface area contributed by atoms with E-state index in [1.807, 2.05) is 5.48 Å². The fourth-order valence-electron chi connectivity index (χ4n) is 2.38. The summed E-state index contributed by atoms with van der Waals surface area (Å²) in [7, 11) is 0. The Labute approximate surface area is 113 Å². The maximum atomic E-state index is 10.0. The van der Waals surface area contributed by atoms with Crippen LogP contribution in [0.5, 0.6) is 0 Å². The fourth-order valence-corrected chi connectivity index (χ4v) is 2.38. The van der Waals surface area contributed by atoms with E-state index >= 15 is 0 Å². The maximum Gasteiger partial charge on any atom is 0.164 e. The molecule has 1 aliphatic heterocycles. The van der Waals surface area contributed by atoms with E-state index in [4.69, 9.17) is 15.1 Å². The minimum absolute atomic E-state index is 0.223. The Balaban J connectivity index is 2.03. The van der Waals surface area contributed by atoms with E-state index < -0.39 is 31.1 Å². The van der Waals surface area contributed by atoms with Crippen LogP contribution in [0.15, 0.2) is 18.6 Å². The number of fused-ring (bicyclic) bond motifs is 1. The molecule has 3 heterocycles. The smallest absolute Gasteiger partial charge is 0.164 e. The van der Waals surface area contributed by atoms with Gasteiger partial charge >= 0.3 is 0 Å². The molecule has 0 bridgehead atoms. The molecule has 3 rings (SSSR count). The molecule has 108 valence electrons. The average molecular weight is 282 g/mol. The summed E-state index contributed by atoms with van der Waals surface area (Å²) in [5, 5.41) is 38.4. The number of hydrogen-bond donors (Lipinski definition) is 5. The van der Waals surface area contributed by atoms with Crippen LogP contribution in [0, 0.1) is 0 Å². The van der Waals surface area contributed by atoms with Gasteiger partial charge < -0.3 is 24.6 Å². The molecule has 0 radical (unpaired) electrons. The standard InChI is InChI=1S/C11H14N4O5/c16-3-6-7(17)8(18)11(20-6)15-2-1-5-9(14-19)12-4-13-10(5)15/h1-2,4,6-8,11,16-19H,3H2,(H,12,13,14)/t6-,7+,8+,11+/m0/s1. The van der Waals surface area contributed by atoms with E-state index in [2.05, 4.69) is 9.97 Å². The third-order valence-corrected chi connectivity index (χ3v) is 3.41. The predicted molar refractivity (Wildman–Crippen MR) is 65.9 cm³/mol. The SMILES string of the molecule is OC[C@@H]1O[C@@H](n2ccc3c(NO)ncnc32)[C@H](O)[C@@H]1O. The average Bonchev–Trinajstić information content (AvgIpc) is 3.01. The van der Waals surface area contributed by atoms with E-state index in [0.717, 1.165) is 0 Å². The first-order valence-corrected chi connectivity index (χ1v) is 6.01. The Kier molecular flexibility index (Phi) is 3.28. The summed E-state index contributed by atoms with van der Waals surface area (Å²) in [6.45, 7) is -0.396. The number of hydrogen-bond acceptors (Lipinski definition) is 8. The molecule has 4 atom stereocenters. The van der Waals surface area contributed by atoms with Crippen molar-refractivity contribution in [3.05, 3.63) is 18.6 Å². The Morgan fingerprint density at radius 2 is 2.10 bits per heavy atom. The summed E-state index contributed by atoms with van der Waals surface area (Å²) < 4.78 is 6.95. The van der Waals surface area contributed by atoms with Gasteiger partial charge in [0.25, 0.3) is 0 Å². The molecular weight excluding hydrogens is 268 g/mol. The second kappa shape index (κ2) is 4.96. The van der Waals surface area contributed by atoms with Crippen LogP contribution in [0.25, 0.3) is 11.0 Å². The minimum Gasteiger partial charge on any atom is -0.394 e. The molecular formula is C11H14N4O5. The van der Waals surface area contributed by atoms with Gasteiger partial charge in [-0.15, -0.1) is 0 Å². The van der Waals surface area contributed by atoms with Gasteiger partial charge in [-0.25, -0.2) is 9.97 Å². The van der Waals surface area contributed by atoms with Crippen LogP contribution in [-0.2, 0) is 4.74 Å². The van der Waals surface area contributed by atoms with Crippen molar-refractivity contribution in [2.45, 2.75) is 24.5 Å². The first-order chi connectivity index (χ1) is 9.67. The molecule has 0 unspecified atom stereocenters. The number of nitrogens with one attached hydrogen (secondary N) is 1. The number of aromatic nitrogens is 3. The highest BCUT2D eigenvalue weighted by molar-refractivity contribution is 5.86. The van der Waals surface area contributed by atoms with E-state index in [-0.39, 0.29) is 5.82 Å². The lowest BCUT2D eigenvalue weighted by Crippen LogP contribution is -2.33. The predicted octanol–water partition coefficient (Wildman–Crippen LogP) is -1.16. The van der Waals surface area contributed by atoms with Gasteiger partial charge in [0.1, 0.15) is 30.3 Å². The molecule has 2 aromatic heterocycles. The Morgan fingerprint density at radius 1 is 1.30 bits per heavy atom. The molecule has 0 saturated carbocycles. The van der Waals surface area contributed by atoms with Gasteiger partial charge in [-0.1, -0.05) is 0 Å². The van der Waals surface area contributed by atoms with Crippen LogP contribution < -0.4 is 5.48 Å². The zero-order chi connectivity index (χ0) is 14.3. The highest BCUT2D eigenvalue weighted by Gasteiger charge is 2.43. The van der Waals surface area contributed by atoms with Gasteiger partial charge in [0.15, 0.2) is 12.0 Å². The van der Waals surface area contributed by atoms with Crippen molar-refractivity contribution >= 4 is 16.9 Å². The second-order valence-corrected chi connectivity index (χ2v) is 4.52. The van der Waals surface area contributed by atoms with Gasteiger partial charge in [0, 0.05) is 6.20 Å². The lowest BCUT2D eigenvalue weighted by Gasteiger charge is -2.17. The number of rotatable bonds is 3. The van der Waals surface area contributed by atoms with Gasteiger partial charge in [-0.05, 0) is 6.07 Å². The topological polar surface area (TPSA) is 133 Å². The van der Waals surface area contributed by atoms with Crippen molar-refractivity contribution in [3.8, 4) is 0 Å². The molecule has 1 aliphatic rings. The minimum atomic E-state index is -1.19. The summed E-state index contributed by atoms with van der Waals surface area (Å²) in [5.74, 6) is 0.223. The van der Waals surface area contributed by atoms with Gasteiger partial charge in [-0.3, -0.25) is 10.7 Å². The molecule has 9 nitrogen and oxygen atoms in total. The van der Waals surface area contributed by atoms with Crippen LogP contribution in [0.3, 0.4) is 0 Å². The quantitative estimate of drug-likeness (QED) is 0.445.